The van der Waals surface area contributed by atoms with Crippen LogP contribution >= 0.6 is 11.6 Å². The van der Waals surface area contributed by atoms with E-state index in [1.165, 1.54) is 24.3 Å². The highest BCUT2D eigenvalue weighted by Crippen LogP contribution is 2.18. The fraction of sp³-hybridized carbons (Fsp3) is 0.286. The third-order valence-electron chi connectivity index (χ3n) is 5.54. The topological polar surface area (TPSA) is 58.6 Å². The van der Waals surface area contributed by atoms with Gasteiger partial charge in [0.2, 0.25) is 5.91 Å². The Hall–Kier alpha value is -3.38. The molecule has 0 aliphatic carbocycles. The van der Waals surface area contributed by atoms with Crippen LogP contribution in [0.25, 0.3) is 0 Å². The number of unbranched alkanes of at least 4 members (excludes halogenated alkanes) is 1. The van der Waals surface area contributed by atoms with Crippen LogP contribution in [-0.2, 0) is 22.6 Å². The molecule has 35 heavy (non-hydrogen) atoms. The second kappa shape index (κ2) is 13.5. The third kappa shape index (κ3) is 8.41. The summed E-state index contributed by atoms with van der Waals surface area (Å²) in [5, 5.41) is 3.57. The molecule has 7 heteroatoms. The van der Waals surface area contributed by atoms with Gasteiger partial charge in [-0.1, -0.05) is 67.4 Å². The zero-order valence-corrected chi connectivity index (χ0v) is 20.5. The third-order valence-corrected chi connectivity index (χ3v) is 5.79. The van der Waals surface area contributed by atoms with E-state index < -0.39 is 6.04 Å². The summed E-state index contributed by atoms with van der Waals surface area (Å²) >= 11 is 6.04. The first-order chi connectivity index (χ1) is 17.0. The lowest BCUT2D eigenvalue weighted by Crippen LogP contribution is -2.51. The lowest BCUT2D eigenvalue weighted by molar-refractivity contribution is -0.142. The molecule has 184 valence electrons. The van der Waals surface area contributed by atoms with Crippen molar-refractivity contribution < 1.29 is 18.7 Å². The summed E-state index contributed by atoms with van der Waals surface area (Å²) in [4.78, 5) is 28.3. The van der Waals surface area contributed by atoms with E-state index in [4.69, 9.17) is 16.3 Å². The minimum absolute atomic E-state index is 0.210. The van der Waals surface area contributed by atoms with Crippen molar-refractivity contribution in [2.24, 2.45) is 0 Å². The number of hydrogen-bond acceptors (Lipinski definition) is 3. The fourth-order valence-electron chi connectivity index (χ4n) is 3.61. The van der Waals surface area contributed by atoms with Gasteiger partial charge in [-0.2, -0.15) is 0 Å². The number of carbonyl (C=O) groups is 2. The SMILES string of the molecule is CCCCNC(=O)[C@@H](Cc1ccccc1)N(Cc1ccc(Cl)cc1)C(=O)COc1ccc(F)cc1. The second-order valence-electron chi connectivity index (χ2n) is 8.24. The number of carbonyl (C=O) groups excluding carboxylic acids is 2. The van der Waals surface area contributed by atoms with Crippen LogP contribution in [0.2, 0.25) is 5.02 Å². The van der Waals surface area contributed by atoms with E-state index in [9.17, 15) is 14.0 Å². The van der Waals surface area contributed by atoms with Crippen LogP contribution in [0.5, 0.6) is 5.75 Å². The largest absolute Gasteiger partial charge is 0.484 e. The molecule has 0 saturated heterocycles. The Morgan fingerprint density at radius 3 is 2.31 bits per heavy atom. The van der Waals surface area contributed by atoms with Crippen LogP contribution in [0.1, 0.15) is 30.9 Å². The minimum Gasteiger partial charge on any atom is -0.484 e. The number of nitrogens with zero attached hydrogens (tertiary/aromatic N) is 1. The average Bonchev–Trinajstić information content (AvgIpc) is 2.87. The molecule has 0 heterocycles. The smallest absolute Gasteiger partial charge is 0.261 e. The molecule has 0 aromatic heterocycles. The van der Waals surface area contributed by atoms with Crippen LogP contribution in [-0.4, -0.2) is 35.9 Å². The van der Waals surface area contributed by atoms with Gasteiger partial charge in [0.1, 0.15) is 17.6 Å². The van der Waals surface area contributed by atoms with Gasteiger partial charge >= 0.3 is 0 Å². The predicted molar refractivity (Wildman–Crippen MR) is 136 cm³/mol. The molecule has 3 aromatic rings. The molecule has 0 saturated carbocycles. The molecule has 3 aromatic carbocycles. The normalized spacial score (nSPS) is 11.5. The first-order valence-electron chi connectivity index (χ1n) is 11.7. The summed E-state index contributed by atoms with van der Waals surface area (Å²) in [7, 11) is 0. The first kappa shape index (κ1) is 26.2. The molecule has 3 rings (SSSR count). The molecule has 1 N–H and O–H groups in total. The van der Waals surface area contributed by atoms with Crippen molar-refractivity contribution in [2.45, 2.75) is 38.8 Å². The molecule has 0 aliphatic rings. The zero-order chi connectivity index (χ0) is 25.0. The molecule has 0 aliphatic heterocycles. The maximum atomic E-state index is 13.4. The van der Waals surface area contributed by atoms with Gasteiger partial charge in [0.05, 0.1) is 0 Å². The second-order valence-corrected chi connectivity index (χ2v) is 8.68. The van der Waals surface area contributed by atoms with E-state index in [-0.39, 0.29) is 30.8 Å². The molecule has 1 atom stereocenters. The van der Waals surface area contributed by atoms with Gasteiger partial charge in [-0.25, -0.2) is 4.39 Å². The van der Waals surface area contributed by atoms with E-state index in [0.717, 1.165) is 24.0 Å². The molecule has 0 radical (unpaired) electrons. The van der Waals surface area contributed by atoms with Gasteiger partial charge < -0.3 is 15.0 Å². The van der Waals surface area contributed by atoms with Crippen molar-refractivity contribution in [3.05, 3.63) is 101 Å². The Bertz CT molecular complexity index is 1080. The molecule has 0 bridgehead atoms. The van der Waals surface area contributed by atoms with Gasteiger partial charge in [0.25, 0.3) is 5.91 Å². The van der Waals surface area contributed by atoms with Gasteiger partial charge in [-0.05, 0) is 53.9 Å². The zero-order valence-electron chi connectivity index (χ0n) is 19.8. The average molecular weight is 497 g/mol. The number of ether oxygens (including phenoxy) is 1. The van der Waals surface area contributed by atoms with Gasteiger partial charge in [-0.15, -0.1) is 0 Å². The van der Waals surface area contributed by atoms with E-state index >= 15 is 0 Å². The number of rotatable bonds is 12. The van der Waals surface area contributed by atoms with Gasteiger partial charge in [0, 0.05) is 24.5 Å². The number of hydrogen-bond donors (Lipinski definition) is 1. The van der Waals surface area contributed by atoms with Crippen molar-refractivity contribution in [1.82, 2.24) is 10.2 Å². The first-order valence-corrected chi connectivity index (χ1v) is 12.1. The van der Waals surface area contributed by atoms with Crippen molar-refractivity contribution in [3.63, 3.8) is 0 Å². The van der Waals surface area contributed by atoms with Crippen LogP contribution < -0.4 is 10.1 Å². The number of halogens is 2. The van der Waals surface area contributed by atoms with Crippen LogP contribution in [0.15, 0.2) is 78.9 Å². The Morgan fingerprint density at radius 1 is 0.971 bits per heavy atom. The fourth-order valence-corrected chi connectivity index (χ4v) is 3.73. The summed E-state index contributed by atoms with van der Waals surface area (Å²) in [5.41, 5.74) is 1.78. The highest BCUT2D eigenvalue weighted by molar-refractivity contribution is 6.30. The molecule has 0 unspecified atom stereocenters. The molecule has 5 nitrogen and oxygen atoms in total. The van der Waals surface area contributed by atoms with Gasteiger partial charge in [0.15, 0.2) is 6.61 Å². The molecular formula is C28H30ClFN2O3. The van der Waals surface area contributed by atoms with Crippen molar-refractivity contribution in [2.75, 3.05) is 13.2 Å². The maximum Gasteiger partial charge on any atom is 0.261 e. The highest BCUT2D eigenvalue weighted by atomic mass is 35.5. The van der Waals surface area contributed by atoms with Crippen molar-refractivity contribution in [3.8, 4) is 5.75 Å². The molecule has 2 amide bonds. The van der Waals surface area contributed by atoms with Crippen LogP contribution in [0, 0.1) is 5.82 Å². The lowest BCUT2D eigenvalue weighted by atomic mass is 10.0. The Balaban J connectivity index is 1.86. The van der Waals surface area contributed by atoms with Crippen LogP contribution in [0.4, 0.5) is 4.39 Å². The van der Waals surface area contributed by atoms with E-state index in [1.807, 2.05) is 42.5 Å². The van der Waals surface area contributed by atoms with Crippen LogP contribution in [0.3, 0.4) is 0 Å². The summed E-state index contributed by atoms with van der Waals surface area (Å²) < 4.78 is 18.9. The summed E-state index contributed by atoms with van der Waals surface area (Å²) in [5.74, 6) is -0.583. The number of benzene rings is 3. The summed E-state index contributed by atoms with van der Waals surface area (Å²) in [6.07, 6.45) is 2.15. The summed E-state index contributed by atoms with van der Waals surface area (Å²) in [6.45, 7) is 2.51. The molecule has 0 fully saturated rings. The molecule has 0 spiro atoms. The quantitative estimate of drug-likeness (QED) is 0.341. The Morgan fingerprint density at radius 2 is 1.66 bits per heavy atom. The van der Waals surface area contributed by atoms with E-state index in [1.54, 1.807) is 17.0 Å². The Kier molecular flexibility index (Phi) is 10.1. The standard InChI is InChI=1S/C28H30ClFN2O3/c1-2-3-17-31-28(34)26(18-21-7-5-4-6-8-21)32(19-22-9-11-23(29)12-10-22)27(33)20-35-25-15-13-24(30)14-16-25/h4-16,26H,2-3,17-20H2,1H3,(H,31,34)/t26-/m1/s1. The van der Waals surface area contributed by atoms with Gasteiger partial charge in [-0.3, -0.25) is 9.59 Å². The monoisotopic (exact) mass is 496 g/mol. The van der Waals surface area contributed by atoms with Crippen molar-refractivity contribution >= 4 is 23.4 Å². The maximum absolute atomic E-state index is 13.4. The van der Waals surface area contributed by atoms with E-state index in [2.05, 4.69) is 12.2 Å². The molecular weight excluding hydrogens is 467 g/mol. The van der Waals surface area contributed by atoms with E-state index in [0.29, 0.717) is 23.7 Å². The highest BCUT2D eigenvalue weighted by Gasteiger charge is 2.30. The Labute approximate surface area is 210 Å². The lowest BCUT2D eigenvalue weighted by Gasteiger charge is -2.31. The number of nitrogens with one attached hydrogen (secondary N) is 1. The van der Waals surface area contributed by atoms with Crippen molar-refractivity contribution in [1.29, 1.82) is 0 Å². The number of amides is 2. The predicted octanol–water partition coefficient (Wildman–Crippen LogP) is 5.41. The summed E-state index contributed by atoms with van der Waals surface area (Å²) in [6, 6.07) is 21.5. The minimum atomic E-state index is -0.741.